The van der Waals surface area contributed by atoms with Gasteiger partial charge in [0.25, 0.3) is 0 Å². The van der Waals surface area contributed by atoms with Gasteiger partial charge >= 0.3 is 10.2 Å². The normalized spacial score (nSPS) is 14.3. The molecular weight excluding hydrogens is 274 g/mol. The Morgan fingerprint density at radius 1 is 1.20 bits per heavy atom. The second-order valence-corrected chi connectivity index (χ2v) is 6.32. The summed E-state index contributed by atoms with van der Waals surface area (Å²) in [5.41, 5.74) is 2.67. The lowest BCUT2D eigenvalue weighted by Gasteiger charge is -2.19. The minimum absolute atomic E-state index is 0.245. The highest BCUT2D eigenvalue weighted by atomic mass is 32.2. The van der Waals surface area contributed by atoms with Crippen LogP contribution < -0.4 is 9.03 Å². The van der Waals surface area contributed by atoms with Crippen LogP contribution in [0.2, 0.25) is 0 Å². The third-order valence-corrected chi connectivity index (χ3v) is 4.78. The van der Waals surface area contributed by atoms with Gasteiger partial charge in [-0.25, -0.2) is 0 Å². The number of hydrogen-bond acceptors (Lipinski definition) is 3. The van der Waals surface area contributed by atoms with Crippen LogP contribution in [0.25, 0.3) is 0 Å². The van der Waals surface area contributed by atoms with Gasteiger partial charge in [-0.3, -0.25) is 9.29 Å². The molecule has 0 saturated heterocycles. The fourth-order valence-corrected chi connectivity index (χ4v) is 3.59. The Morgan fingerprint density at radius 3 is 2.85 bits per heavy atom. The predicted molar refractivity (Wildman–Crippen MR) is 77.5 cm³/mol. The second kappa shape index (κ2) is 5.22. The number of nitrogens with zero attached hydrogens (tertiary/aromatic N) is 2. The Labute approximate surface area is 118 Å². The molecule has 3 rings (SSSR count). The second-order valence-electron chi connectivity index (χ2n) is 4.64. The van der Waals surface area contributed by atoms with Gasteiger partial charge in [0.15, 0.2) is 0 Å². The van der Waals surface area contributed by atoms with Gasteiger partial charge in [-0.1, -0.05) is 24.3 Å². The van der Waals surface area contributed by atoms with Crippen molar-refractivity contribution < 1.29 is 8.42 Å². The molecule has 0 saturated carbocycles. The highest BCUT2D eigenvalue weighted by molar-refractivity contribution is 7.90. The fourth-order valence-electron chi connectivity index (χ4n) is 2.31. The average molecular weight is 289 g/mol. The third kappa shape index (κ3) is 2.52. The van der Waals surface area contributed by atoms with Crippen LogP contribution in [-0.2, 0) is 23.2 Å². The van der Waals surface area contributed by atoms with Gasteiger partial charge in [-0.15, -0.1) is 0 Å². The van der Waals surface area contributed by atoms with E-state index in [1.54, 1.807) is 18.5 Å². The SMILES string of the molecule is O=S(=O)(NCc1cccnc1)N1CCc2ccccc21. The maximum atomic E-state index is 12.4. The maximum Gasteiger partial charge on any atom is 0.301 e. The Kier molecular flexibility index (Phi) is 3.42. The van der Waals surface area contributed by atoms with Crippen molar-refractivity contribution in [2.45, 2.75) is 13.0 Å². The summed E-state index contributed by atoms with van der Waals surface area (Å²) in [4.78, 5) is 3.97. The molecule has 0 radical (unpaired) electrons. The van der Waals surface area contributed by atoms with E-state index in [-0.39, 0.29) is 6.54 Å². The van der Waals surface area contributed by atoms with Crippen LogP contribution in [0.3, 0.4) is 0 Å². The summed E-state index contributed by atoms with van der Waals surface area (Å²) >= 11 is 0. The molecule has 104 valence electrons. The van der Waals surface area contributed by atoms with E-state index in [0.717, 1.165) is 23.2 Å². The number of aromatic nitrogens is 1. The lowest BCUT2D eigenvalue weighted by atomic mass is 10.2. The first-order valence-electron chi connectivity index (χ1n) is 6.41. The van der Waals surface area contributed by atoms with Gasteiger partial charge in [-0.05, 0) is 29.7 Å². The Hall–Kier alpha value is -1.92. The van der Waals surface area contributed by atoms with Crippen LogP contribution in [0, 0.1) is 0 Å². The lowest BCUT2D eigenvalue weighted by Crippen LogP contribution is -2.39. The van der Waals surface area contributed by atoms with Gasteiger partial charge < -0.3 is 0 Å². The monoisotopic (exact) mass is 289 g/mol. The molecule has 2 heterocycles. The van der Waals surface area contributed by atoms with Crippen LogP contribution in [0.4, 0.5) is 5.69 Å². The van der Waals surface area contributed by atoms with Crippen molar-refractivity contribution >= 4 is 15.9 Å². The van der Waals surface area contributed by atoms with Crippen LogP contribution in [0.15, 0.2) is 48.8 Å². The van der Waals surface area contributed by atoms with Crippen molar-refractivity contribution in [2.75, 3.05) is 10.8 Å². The smallest absolute Gasteiger partial charge is 0.264 e. The van der Waals surface area contributed by atoms with Gasteiger partial charge in [0.05, 0.1) is 5.69 Å². The minimum atomic E-state index is -3.52. The number of rotatable bonds is 4. The largest absolute Gasteiger partial charge is 0.301 e. The first-order chi connectivity index (χ1) is 9.67. The molecule has 1 aliphatic heterocycles. The van der Waals surface area contributed by atoms with E-state index < -0.39 is 10.2 Å². The summed E-state index contributed by atoms with van der Waals surface area (Å²) < 4.78 is 28.8. The van der Waals surface area contributed by atoms with Crippen molar-refractivity contribution in [2.24, 2.45) is 0 Å². The summed E-state index contributed by atoms with van der Waals surface area (Å²) in [6.07, 6.45) is 4.07. The third-order valence-electron chi connectivity index (χ3n) is 3.32. The molecule has 0 atom stereocenters. The number of benzene rings is 1. The molecule has 1 N–H and O–H groups in total. The number of hydrogen-bond donors (Lipinski definition) is 1. The van der Waals surface area contributed by atoms with Crippen LogP contribution >= 0.6 is 0 Å². The molecule has 0 bridgehead atoms. The minimum Gasteiger partial charge on any atom is -0.264 e. The van der Waals surface area contributed by atoms with E-state index in [4.69, 9.17) is 0 Å². The number of nitrogens with one attached hydrogen (secondary N) is 1. The first-order valence-corrected chi connectivity index (χ1v) is 7.85. The molecule has 0 spiro atoms. The van der Waals surface area contributed by atoms with Gasteiger partial charge in [-0.2, -0.15) is 13.1 Å². The van der Waals surface area contributed by atoms with E-state index in [1.807, 2.05) is 30.3 Å². The zero-order chi connectivity index (χ0) is 14.0. The Bertz CT molecular complexity index is 701. The van der Waals surface area contributed by atoms with E-state index in [0.29, 0.717) is 6.54 Å². The van der Waals surface area contributed by atoms with Crippen molar-refractivity contribution in [3.05, 3.63) is 59.9 Å². The summed E-state index contributed by atoms with van der Waals surface area (Å²) in [6, 6.07) is 11.2. The van der Waals surface area contributed by atoms with Crippen molar-refractivity contribution in [1.82, 2.24) is 9.71 Å². The Balaban J connectivity index is 1.77. The molecule has 6 heteroatoms. The number of pyridine rings is 1. The summed E-state index contributed by atoms with van der Waals surface area (Å²) in [5.74, 6) is 0. The van der Waals surface area contributed by atoms with E-state index in [1.165, 1.54) is 4.31 Å². The predicted octanol–water partition coefficient (Wildman–Crippen LogP) is 1.48. The number of anilines is 1. The molecule has 5 nitrogen and oxygen atoms in total. The van der Waals surface area contributed by atoms with Crippen LogP contribution in [-0.4, -0.2) is 19.9 Å². The van der Waals surface area contributed by atoms with E-state index in [9.17, 15) is 8.42 Å². The Morgan fingerprint density at radius 2 is 2.05 bits per heavy atom. The average Bonchev–Trinajstić information content (AvgIpc) is 2.91. The molecule has 0 unspecified atom stereocenters. The molecule has 1 aromatic carbocycles. The fraction of sp³-hybridized carbons (Fsp3) is 0.214. The van der Waals surface area contributed by atoms with Crippen LogP contribution in [0.1, 0.15) is 11.1 Å². The number of para-hydroxylation sites is 1. The van der Waals surface area contributed by atoms with Gasteiger partial charge in [0.1, 0.15) is 0 Å². The molecule has 2 aromatic rings. The molecule has 1 aliphatic rings. The van der Waals surface area contributed by atoms with Gasteiger partial charge in [0, 0.05) is 25.5 Å². The molecule has 0 amide bonds. The molecule has 20 heavy (non-hydrogen) atoms. The van der Waals surface area contributed by atoms with Crippen molar-refractivity contribution in [1.29, 1.82) is 0 Å². The topological polar surface area (TPSA) is 62.3 Å². The summed E-state index contributed by atoms with van der Waals surface area (Å²) in [6.45, 7) is 0.733. The zero-order valence-electron chi connectivity index (χ0n) is 10.9. The summed E-state index contributed by atoms with van der Waals surface area (Å²) in [5, 5.41) is 0. The lowest BCUT2D eigenvalue weighted by molar-refractivity contribution is 0.577. The highest BCUT2D eigenvalue weighted by Gasteiger charge is 2.28. The van der Waals surface area contributed by atoms with Crippen molar-refractivity contribution in [3.63, 3.8) is 0 Å². The highest BCUT2D eigenvalue weighted by Crippen LogP contribution is 2.29. The summed E-state index contributed by atoms with van der Waals surface area (Å²) in [7, 11) is -3.52. The van der Waals surface area contributed by atoms with Crippen molar-refractivity contribution in [3.8, 4) is 0 Å². The van der Waals surface area contributed by atoms with E-state index >= 15 is 0 Å². The molecule has 1 aromatic heterocycles. The van der Waals surface area contributed by atoms with E-state index in [2.05, 4.69) is 9.71 Å². The number of fused-ring (bicyclic) bond motifs is 1. The maximum absolute atomic E-state index is 12.4. The standard InChI is InChI=1S/C14H15N3O2S/c18-20(19,16-11-12-4-3-8-15-10-12)17-9-7-13-5-1-2-6-14(13)17/h1-6,8,10,16H,7,9,11H2. The van der Waals surface area contributed by atoms with Crippen LogP contribution in [0.5, 0.6) is 0 Å². The molecule has 0 fully saturated rings. The van der Waals surface area contributed by atoms with Gasteiger partial charge in [0.2, 0.25) is 0 Å². The quantitative estimate of drug-likeness (QED) is 0.927. The molecular formula is C14H15N3O2S. The zero-order valence-corrected chi connectivity index (χ0v) is 11.7. The molecule has 0 aliphatic carbocycles. The first kappa shape index (κ1) is 13.1.